The maximum absolute atomic E-state index is 11.2. The molecule has 6 heteroatoms. The number of carbonyl (C=O) groups is 1. The zero-order valence-corrected chi connectivity index (χ0v) is 8.61. The summed E-state index contributed by atoms with van der Waals surface area (Å²) >= 11 is 11.1. The van der Waals surface area contributed by atoms with Gasteiger partial charge in [0.25, 0.3) is 0 Å². The van der Waals surface area contributed by atoms with Gasteiger partial charge in [0.05, 0.1) is 6.10 Å². The first-order valence-corrected chi connectivity index (χ1v) is 4.38. The largest absolute Gasteiger partial charge is 0.458 e. The number of carbonyl (C=O) groups excluding carboxylic acids is 1. The minimum Gasteiger partial charge on any atom is -0.458 e. The summed E-state index contributed by atoms with van der Waals surface area (Å²) in [6.45, 7) is 3.47. The van der Waals surface area contributed by atoms with Crippen LogP contribution in [0.1, 0.15) is 24.3 Å². The van der Waals surface area contributed by atoms with Gasteiger partial charge in [0, 0.05) is 0 Å². The molecule has 1 heterocycles. The van der Waals surface area contributed by atoms with Crippen LogP contribution in [-0.2, 0) is 4.74 Å². The van der Waals surface area contributed by atoms with E-state index < -0.39 is 5.97 Å². The molecule has 0 radical (unpaired) electrons. The van der Waals surface area contributed by atoms with Crippen molar-refractivity contribution in [3.63, 3.8) is 0 Å². The van der Waals surface area contributed by atoms with Gasteiger partial charge < -0.3 is 9.72 Å². The molecular weight excluding hydrogens is 215 g/mol. The SMILES string of the molecule is CC(C)OC(=O)c1nc(Cl)[nH]c1Cl. The first-order valence-electron chi connectivity index (χ1n) is 3.62. The molecule has 1 rings (SSSR count). The van der Waals surface area contributed by atoms with Crippen LogP contribution in [0.5, 0.6) is 0 Å². The summed E-state index contributed by atoms with van der Waals surface area (Å²) in [5.41, 5.74) is 0.0142. The van der Waals surface area contributed by atoms with Crippen molar-refractivity contribution in [3.05, 3.63) is 16.1 Å². The standard InChI is InChI=1S/C7H8Cl2N2O2/c1-3(2)13-6(12)4-5(8)11-7(9)10-4/h3H,1-2H3,(H,10,11). The van der Waals surface area contributed by atoms with E-state index in [1.165, 1.54) is 0 Å². The van der Waals surface area contributed by atoms with Gasteiger partial charge in [-0.05, 0) is 25.4 Å². The summed E-state index contributed by atoms with van der Waals surface area (Å²) in [5, 5.41) is 0.163. The molecule has 0 bridgehead atoms. The topological polar surface area (TPSA) is 55.0 Å². The highest BCUT2D eigenvalue weighted by molar-refractivity contribution is 6.34. The fourth-order valence-corrected chi connectivity index (χ4v) is 1.17. The number of halogens is 2. The van der Waals surface area contributed by atoms with Crippen LogP contribution in [0.25, 0.3) is 0 Å². The number of hydrogen-bond donors (Lipinski definition) is 1. The van der Waals surface area contributed by atoms with Crippen LogP contribution in [0, 0.1) is 0 Å². The fourth-order valence-electron chi connectivity index (χ4n) is 0.730. The van der Waals surface area contributed by atoms with E-state index in [9.17, 15) is 4.79 Å². The van der Waals surface area contributed by atoms with Gasteiger partial charge in [-0.1, -0.05) is 11.6 Å². The molecule has 0 saturated heterocycles. The lowest BCUT2D eigenvalue weighted by Crippen LogP contribution is -2.12. The first-order chi connectivity index (χ1) is 6.00. The van der Waals surface area contributed by atoms with Gasteiger partial charge in [0.2, 0.25) is 5.28 Å². The van der Waals surface area contributed by atoms with E-state index in [4.69, 9.17) is 27.9 Å². The van der Waals surface area contributed by atoms with Crippen LogP contribution in [0.4, 0.5) is 0 Å². The van der Waals surface area contributed by atoms with Crippen LogP contribution in [0.15, 0.2) is 0 Å². The van der Waals surface area contributed by atoms with Crippen molar-refractivity contribution in [2.24, 2.45) is 0 Å². The normalized spacial score (nSPS) is 10.5. The average Bonchev–Trinajstić information content (AvgIpc) is 2.28. The lowest BCUT2D eigenvalue weighted by Gasteiger charge is -2.05. The third kappa shape index (κ3) is 2.60. The lowest BCUT2D eigenvalue weighted by molar-refractivity contribution is 0.0372. The number of H-pyrrole nitrogens is 1. The van der Waals surface area contributed by atoms with E-state index in [1.54, 1.807) is 13.8 Å². The van der Waals surface area contributed by atoms with Crippen molar-refractivity contribution in [1.82, 2.24) is 9.97 Å². The smallest absolute Gasteiger partial charge is 0.360 e. The van der Waals surface area contributed by atoms with E-state index in [2.05, 4.69) is 9.97 Å². The molecule has 0 spiro atoms. The molecule has 72 valence electrons. The highest BCUT2D eigenvalue weighted by atomic mass is 35.5. The Kier molecular flexibility index (Phi) is 3.17. The molecule has 4 nitrogen and oxygen atoms in total. The van der Waals surface area contributed by atoms with Crippen LogP contribution in [0.2, 0.25) is 10.4 Å². The van der Waals surface area contributed by atoms with Crippen molar-refractivity contribution in [1.29, 1.82) is 0 Å². The number of imidazole rings is 1. The second-order valence-corrected chi connectivity index (χ2v) is 3.38. The minimum atomic E-state index is -0.580. The maximum Gasteiger partial charge on any atom is 0.360 e. The Hall–Kier alpha value is -0.740. The van der Waals surface area contributed by atoms with E-state index in [0.29, 0.717) is 0 Å². The van der Waals surface area contributed by atoms with Gasteiger partial charge in [0.15, 0.2) is 5.69 Å². The molecular formula is C7H8Cl2N2O2. The molecule has 1 aromatic heterocycles. The second kappa shape index (κ2) is 3.98. The van der Waals surface area contributed by atoms with Crippen molar-refractivity contribution >= 4 is 29.2 Å². The van der Waals surface area contributed by atoms with Gasteiger partial charge in [-0.25, -0.2) is 9.78 Å². The lowest BCUT2D eigenvalue weighted by atomic mass is 10.4. The molecule has 0 aromatic carbocycles. The van der Waals surface area contributed by atoms with Crippen molar-refractivity contribution in [2.45, 2.75) is 20.0 Å². The number of nitrogens with one attached hydrogen (secondary N) is 1. The van der Waals surface area contributed by atoms with Crippen molar-refractivity contribution in [2.75, 3.05) is 0 Å². The number of aromatic nitrogens is 2. The summed E-state index contributed by atoms with van der Waals surface area (Å²) in [4.78, 5) is 17.4. The molecule has 0 aliphatic carbocycles. The minimum absolute atomic E-state index is 0.0142. The van der Waals surface area contributed by atoms with Gasteiger partial charge in [0.1, 0.15) is 5.15 Å². The maximum atomic E-state index is 11.2. The molecule has 0 aliphatic heterocycles. The Morgan fingerprint density at radius 1 is 1.54 bits per heavy atom. The molecule has 1 N–H and O–H groups in total. The van der Waals surface area contributed by atoms with Gasteiger partial charge >= 0.3 is 5.97 Å². The van der Waals surface area contributed by atoms with Crippen molar-refractivity contribution < 1.29 is 9.53 Å². The summed E-state index contributed by atoms with van der Waals surface area (Å²) in [6, 6.07) is 0. The number of esters is 1. The van der Waals surface area contributed by atoms with Crippen LogP contribution in [0.3, 0.4) is 0 Å². The Labute approximate surface area is 85.2 Å². The molecule has 0 saturated carbocycles. The molecule has 0 atom stereocenters. The number of rotatable bonds is 2. The van der Waals surface area contributed by atoms with E-state index >= 15 is 0 Å². The van der Waals surface area contributed by atoms with E-state index in [-0.39, 0.29) is 22.2 Å². The van der Waals surface area contributed by atoms with Crippen molar-refractivity contribution in [3.8, 4) is 0 Å². The predicted molar refractivity (Wildman–Crippen MR) is 49.2 cm³/mol. The summed E-state index contributed by atoms with van der Waals surface area (Å²) in [7, 11) is 0. The molecule has 0 aliphatic rings. The highest BCUT2D eigenvalue weighted by Gasteiger charge is 2.17. The van der Waals surface area contributed by atoms with Crippen LogP contribution < -0.4 is 0 Å². The second-order valence-electron chi connectivity index (χ2n) is 2.64. The average molecular weight is 223 g/mol. The number of aromatic amines is 1. The first kappa shape index (κ1) is 10.3. The Balaban J connectivity index is 2.82. The zero-order chi connectivity index (χ0) is 10.0. The third-order valence-electron chi connectivity index (χ3n) is 1.17. The molecule has 13 heavy (non-hydrogen) atoms. The fraction of sp³-hybridized carbons (Fsp3) is 0.429. The zero-order valence-electron chi connectivity index (χ0n) is 7.10. The quantitative estimate of drug-likeness (QED) is 0.782. The molecule has 1 aromatic rings. The number of nitrogens with zero attached hydrogens (tertiary/aromatic N) is 1. The molecule has 0 unspecified atom stereocenters. The molecule has 0 amide bonds. The summed E-state index contributed by atoms with van der Waals surface area (Å²) < 4.78 is 4.87. The van der Waals surface area contributed by atoms with Crippen LogP contribution in [-0.4, -0.2) is 22.0 Å². The van der Waals surface area contributed by atoms with E-state index in [1.807, 2.05) is 0 Å². The Morgan fingerprint density at radius 3 is 2.54 bits per heavy atom. The van der Waals surface area contributed by atoms with Gasteiger partial charge in [-0.2, -0.15) is 0 Å². The summed E-state index contributed by atoms with van der Waals surface area (Å²) in [5.74, 6) is -0.580. The monoisotopic (exact) mass is 222 g/mol. The number of ether oxygens (including phenoxy) is 1. The summed E-state index contributed by atoms with van der Waals surface area (Å²) in [6.07, 6.45) is -0.209. The van der Waals surface area contributed by atoms with Gasteiger partial charge in [-0.3, -0.25) is 0 Å². The van der Waals surface area contributed by atoms with Crippen LogP contribution >= 0.6 is 23.2 Å². The predicted octanol–water partition coefficient (Wildman–Crippen LogP) is 2.28. The Bertz CT molecular complexity index is 322. The Morgan fingerprint density at radius 2 is 2.15 bits per heavy atom. The highest BCUT2D eigenvalue weighted by Crippen LogP contribution is 2.16. The van der Waals surface area contributed by atoms with Gasteiger partial charge in [-0.15, -0.1) is 0 Å². The molecule has 0 fully saturated rings. The van der Waals surface area contributed by atoms with E-state index in [0.717, 1.165) is 0 Å². The third-order valence-corrected chi connectivity index (χ3v) is 1.62. The number of hydrogen-bond acceptors (Lipinski definition) is 3.